The molecule has 0 unspecified atom stereocenters. The summed E-state index contributed by atoms with van der Waals surface area (Å²) in [6, 6.07) is 24.0. The molecule has 3 aromatic carbocycles. The van der Waals surface area contributed by atoms with E-state index in [1.165, 1.54) is 4.90 Å². The number of benzene rings is 3. The highest BCUT2D eigenvalue weighted by Gasteiger charge is 2.35. The molecule has 0 spiro atoms. The Morgan fingerprint density at radius 3 is 2.36 bits per heavy atom. The molecule has 0 radical (unpaired) electrons. The standard InChI is InChI=1S/C32H34N4O3/c1-22-12-11-17-25(20-22)33-32(39)35-30-31(38)36(21-28(37)23-13-5-2-3-6-14-23)27-19-10-9-18-26(27)29(34-30)24-15-7-4-8-16-24/h4,7-12,15-20,23,30H,2-3,5-6,13-14,21H2,1H3,(H2,33,35,39)/t30-/m0/s1. The second kappa shape index (κ2) is 12.1. The molecule has 1 aliphatic carbocycles. The first kappa shape index (κ1) is 26.4. The molecule has 7 nitrogen and oxygen atoms in total. The van der Waals surface area contributed by atoms with E-state index >= 15 is 0 Å². The van der Waals surface area contributed by atoms with Crippen molar-refractivity contribution in [2.75, 3.05) is 16.8 Å². The van der Waals surface area contributed by atoms with Crippen LogP contribution in [0, 0.1) is 12.8 Å². The first-order chi connectivity index (χ1) is 19.0. The summed E-state index contributed by atoms with van der Waals surface area (Å²) in [6.07, 6.45) is 4.86. The van der Waals surface area contributed by atoms with Gasteiger partial charge in [0.05, 0.1) is 17.9 Å². The molecule has 2 N–H and O–H groups in total. The Balaban J connectivity index is 1.50. The number of Topliss-reactive ketones (excluding diaryl/α,β-unsaturated/α-hetero) is 1. The zero-order valence-electron chi connectivity index (χ0n) is 22.2. The lowest BCUT2D eigenvalue weighted by Gasteiger charge is -2.26. The molecule has 0 saturated heterocycles. The number of rotatable bonds is 6. The van der Waals surface area contributed by atoms with Crippen molar-refractivity contribution in [3.05, 3.63) is 95.6 Å². The average Bonchev–Trinajstić information content (AvgIpc) is 3.28. The quantitative estimate of drug-likeness (QED) is 0.397. The maximum Gasteiger partial charge on any atom is 0.321 e. The minimum Gasteiger partial charge on any atom is -0.308 e. The fraction of sp³-hybridized carbons (Fsp3) is 0.312. The van der Waals surface area contributed by atoms with E-state index in [1.54, 1.807) is 6.07 Å². The zero-order chi connectivity index (χ0) is 27.2. The van der Waals surface area contributed by atoms with Gasteiger partial charge in [-0.15, -0.1) is 0 Å². The minimum absolute atomic E-state index is 0.0459. The number of aryl methyl sites for hydroxylation is 1. The van der Waals surface area contributed by atoms with E-state index in [1.807, 2.05) is 79.7 Å². The Morgan fingerprint density at radius 2 is 1.62 bits per heavy atom. The predicted molar refractivity (Wildman–Crippen MR) is 154 cm³/mol. The molecule has 1 saturated carbocycles. The van der Waals surface area contributed by atoms with Crippen molar-refractivity contribution < 1.29 is 14.4 Å². The normalized spacial score (nSPS) is 17.9. The lowest BCUT2D eigenvalue weighted by Crippen LogP contribution is -2.50. The Hall–Kier alpha value is -4.26. The van der Waals surface area contributed by atoms with Crippen molar-refractivity contribution in [1.29, 1.82) is 0 Å². The van der Waals surface area contributed by atoms with E-state index in [0.717, 1.165) is 55.2 Å². The van der Waals surface area contributed by atoms with Gasteiger partial charge < -0.3 is 15.5 Å². The number of benzodiazepines with no additional fused rings is 1. The number of para-hydroxylation sites is 1. The Labute approximate surface area is 229 Å². The molecule has 200 valence electrons. The van der Waals surface area contributed by atoms with Gasteiger partial charge in [0.2, 0.25) is 6.17 Å². The number of urea groups is 1. The molecule has 1 aliphatic heterocycles. The summed E-state index contributed by atoms with van der Waals surface area (Å²) >= 11 is 0. The summed E-state index contributed by atoms with van der Waals surface area (Å²) in [5.41, 5.74) is 4.39. The fourth-order valence-electron chi connectivity index (χ4n) is 5.41. The Morgan fingerprint density at radius 1 is 0.897 bits per heavy atom. The van der Waals surface area contributed by atoms with Crippen molar-refractivity contribution >= 4 is 34.8 Å². The van der Waals surface area contributed by atoms with Gasteiger partial charge in [-0.25, -0.2) is 9.79 Å². The lowest BCUT2D eigenvalue weighted by molar-refractivity contribution is -0.125. The lowest BCUT2D eigenvalue weighted by atomic mass is 9.94. The second-order valence-electron chi connectivity index (χ2n) is 10.3. The Bertz CT molecular complexity index is 1380. The number of ketones is 1. The fourth-order valence-corrected chi connectivity index (χ4v) is 5.41. The summed E-state index contributed by atoms with van der Waals surface area (Å²) in [4.78, 5) is 46.9. The van der Waals surface area contributed by atoms with E-state index < -0.39 is 18.1 Å². The summed E-state index contributed by atoms with van der Waals surface area (Å²) in [7, 11) is 0. The number of amides is 3. The first-order valence-electron chi connectivity index (χ1n) is 13.7. The van der Waals surface area contributed by atoms with Gasteiger partial charge in [0.1, 0.15) is 0 Å². The molecule has 0 aromatic heterocycles. The van der Waals surface area contributed by atoms with Gasteiger partial charge in [0, 0.05) is 22.7 Å². The van der Waals surface area contributed by atoms with Crippen LogP contribution < -0.4 is 15.5 Å². The van der Waals surface area contributed by atoms with Crippen LogP contribution >= 0.6 is 0 Å². The number of carbonyl (C=O) groups is 3. The summed E-state index contributed by atoms with van der Waals surface area (Å²) in [6.45, 7) is 1.89. The second-order valence-corrected chi connectivity index (χ2v) is 10.3. The van der Waals surface area contributed by atoms with Gasteiger partial charge in [-0.2, -0.15) is 0 Å². The van der Waals surface area contributed by atoms with Crippen molar-refractivity contribution in [2.45, 2.75) is 51.6 Å². The van der Waals surface area contributed by atoms with E-state index in [2.05, 4.69) is 10.6 Å². The molecule has 1 atom stereocenters. The smallest absolute Gasteiger partial charge is 0.308 e. The third-order valence-corrected chi connectivity index (χ3v) is 7.42. The van der Waals surface area contributed by atoms with Crippen LogP contribution in [0.15, 0.2) is 83.9 Å². The number of hydrogen-bond acceptors (Lipinski definition) is 4. The maximum absolute atomic E-state index is 14.0. The van der Waals surface area contributed by atoms with Crippen molar-refractivity contribution in [1.82, 2.24) is 5.32 Å². The molecule has 1 fully saturated rings. The van der Waals surface area contributed by atoms with Gasteiger partial charge >= 0.3 is 6.03 Å². The molecular formula is C32H34N4O3. The van der Waals surface area contributed by atoms with Gasteiger partial charge in [-0.3, -0.25) is 9.59 Å². The van der Waals surface area contributed by atoms with Crippen molar-refractivity contribution in [2.24, 2.45) is 10.9 Å². The predicted octanol–water partition coefficient (Wildman–Crippen LogP) is 5.87. The maximum atomic E-state index is 14.0. The van der Waals surface area contributed by atoms with Crippen LogP contribution in [0.25, 0.3) is 0 Å². The first-order valence-corrected chi connectivity index (χ1v) is 13.7. The third kappa shape index (κ3) is 6.25. The molecule has 39 heavy (non-hydrogen) atoms. The van der Waals surface area contributed by atoms with Gasteiger partial charge in [-0.05, 0) is 43.5 Å². The number of nitrogens with one attached hydrogen (secondary N) is 2. The molecule has 1 heterocycles. The van der Waals surface area contributed by atoms with Crippen LogP contribution in [0.4, 0.5) is 16.2 Å². The third-order valence-electron chi connectivity index (χ3n) is 7.42. The largest absolute Gasteiger partial charge is 0.321 e. The summed E-state index contributed by atoms with van der Waals surface area (Å²) in [5.74, 6) is -0.429. The van der Waals surface area contributed by atoms with Crippen LogP contribution in [0.3, 0.4) is 0 Å². The zero-order valence-corrected chi connectivity index (χ0v) is 22.2. The molecule has 0 bridgehead atoms. The van der Waals surface area contributed by atoms with E-state index in [9.17, 15) is 14.4 Å². The number of aliphatic imine (C=N–C) groups is 1. The highest BCUT2D eigenvalue weighted by Crippen LogP contribution is 2.30. The number of nitrogens with zero attached hydrogens (tertiary/aromatic N) is 2. The number of carbonyl (C=O) groups excluding carboxylic acids is 3. The van der Waals surface area contributed by atoms with Crippen LogP contribution in [0.2, 0.25) is 0 Å². The highest BCUT2D eigenvalue weighted by molar-refractivity contribution is 6.21. The topological polar surface area (TPSA) is 90.9 Å². The van der Waals surface area contributed by atoms with Crippen LogP contribution in [-0.4, -0.2) is 36.1 Å². The van der Waals surface area contributed by atoms with Crippen molar-refractivity contribution in [3.8, 4) is 0 Å². The van der Waals surface area contributed by atoms with E-state index in [4.69, 9.17) is 4.99 Å². The molecule has 7 heteroatoms. The summed E-state index contributed by atoms with van der Waals surface area (Å²) < 4.78 is 0. The molecule has 3 aromatic rings. The van der Waals surface area contributed by atoms with Gasteiger partial charge in [0.25, 0.3) is 5.91 Å². The molecular weight excluding hydrogens is 488 g/mol. The molecule has 2 aliphatic rings. The number of fused-ring (bicyclic) bond motifs is 1. The van der Waals surface area contributed by atoms with Crippen LogP contribution in [-0.2, 0) is 9.59 Å². The number of anilines is 2. The Kier molecular flexibility index (Phi) is 8.16. The van der Waals surface area contributed by atoms with Crippen LogP contribution in [0.1, 0.15) is 55.2 Å². The minimum atomic E-state index is -1.21. The van der Waals surface area contributed by atoms with E-state index in [-0.39, 0.29) is 18.2 Å². The molecule has 5 rings (SSSR count). The van der Waals surface area contributed by atoms with E-state index in [0.29, 0.717) is 17.1 Å². The van der Waals surface area contributed by atoms with Gasteiger partial charge in [0.15, 0.2) is 5.78 Å². The summed E-state index contributed by atoms with van der Waals surface area (Å²) in [5, 5.41) is 5.57. The van der Waals surface area contributed by atoms with Crippen molar-refractivity contribution in [3.63, 3.8) is 0 Å². The van der Waals surface area contributed by atoms with Crippen LogP contribution in [0.5, 0.6) is 0 Å². The van der Waals surface area contributed by atoms with Gasteiger partial charge in [-0.1, -0.05) is 86.3 Å². The SMILES string of the molecule is Cc1cccc(NC(=O)N[C@@H]2N=C(c3ccccc3)c3ccccc3N(CC(=O)C3CCCCCC3)C2=O)c1. The monoisotopic (exact) mass is 522 g/mol. The average molecular weight is 523 g/mol. The number of hydrogen-bond donors (Lipinski definition) is 2. The highest BCUT2D eigenvalue weighted by atomic mass is 16.2. The molecule has 3 amide bonds.